The smallest absolute Gasteiger partial charge is 0.269 e. The molecule has 0 N–H and O–H groups in total. The van der Waals surface area contributed by atoms with E-state index in [1.807, 2.05) is 0 Å². The summed E-state index contributed by atoms with van der Waals surface area (Å²) >= 11 is 0.998. The Balaban J connectivity index is 1.66. The van der Waals surface area contributed by atoms with Crippen molar-refractivity contribution in [3.05, 3.63) is 99.9 Å². The molecule has 10 heteroatoms. The quantitative estimate of drug-likeness (QED) is 0.230. The van der Waals surface area contributed by atoms with Crippen molar-refractivity contribution < 1.29 is 18.5 Å². The van der Waals surface area contributed by atoms with Crippen LogP contribution in [0.3, 0.4) is 0 Å². The van der Waals surface area contributed by atoms with Gasteiger partial charge in [0.1, 0.15) is 11.3 Å². The fourth-order valence-electron chi connectivity index (χ4n) is 2.94. The number of carbonyl (C=O) groups is 1. The van der Waals surface area contributed by atoms with Gasteiger partial charge in [-0.05, 0) is 47.5 Å². The summed E-state index contributed by atoms with van der Waals surface area (Å²) in [4.78, 5) is 32.8. The van der Waals surface area contributed by atoms with Gasteiger partial charge < -0.3 is 0 Å². The third kappa shape index (κ3) is 4.65. The highest BCUT2D eigenvalue weighted by Gasteiger charge is 2.20. The average molecular weight is 452 g/mol. The predicted octanol–water partition coefficient (Wildman–Crippen LogP) is 5.12. The molecule has 0 spiro atoms. The third-order valence-corrected chi connectivity index (χ3v) is 5.54. The van der Waals surface area contributed by atoms with E-state index >= 15 is 0 Å². The van der Waals surface area contributed by atoms with E-state index in [9.17, 15) is 23.7 Å². The Hall–Kier alpha value is -4.05. The summed E-state index contributed by atoms with van der Waals surface area (Å²) < 4.78 is 28.0. The van der Waals surface area contributed by atoms with Gasteiger partial charge in [-0.2, -0.15) is 0 Å². The highest BCUT2D eigenvalue weighted by molar-refractivity contribution is 7.22. The number of fused-ring (bicyclic) bond motifs is 1. The Morgan fingerprint density at radius 1 is 1.12 bits per heavy atom. The lowest BCUT2D eigenvalue weighted by atomic mass is 10.2. The van der Waals surface area contributed by atoms with Crippen LogP contribution in [0.2, 0.25) is 0 Å². The number of aromatic nitrogens is 2. The molecule has 4 aromatic rings. The van der Waals surface area contributed by atoms with E-state index in [0.29, 0.717) is 5.56 Å². The summed E-state index contributed by atoms with van der Waals surface area (Å²) in [6, 6.07) is 11.1. The zero-order chi connectivity index (χ0) is 22.7. The average Bonchev–Trinajstić information content (AvgIpc) is 3.21. The number of carbonyl (C=O) groups excluding carboxylic acids is 1. The van der Waals surface area contributed by atoms with E-state index in [4.69, 9.17) is 0 Å². The SMILES string of the molecule is O=C(/C=C/c1ccc([N+](=O)[O-])cc1)N(Cc1ccncc1)c1nc2c(F)cc(F)cc2s1. The molecule has 4 rings (SSSR count). The molecule has 0 saturated carbocycles. The monoisotopic (exact) mass is 452 g/mol. The molecule has 0 aliphatic heterocycles. The summed E-state index contributed by atoms with van der Waals surface area (Å²) in [5.74, 6) is -1.98. The lowest BCUT2D eigenvalue weighted by molar-refractivity contribution is -0.384. The standard InChI is InChI=1S/C22H14F2N4O3S/c23-16-11-18(24)21-19(12-16)32-22(26-21)27(13-15-7-9-25-10-8-15)20(29)6-3-14-1-4-17(5-2-14)28(30)31/h1-12H,13H2/b6-3+. The Kier molecular flexibility index (Phi) is 5.95. The van der Waals surface area contributed by atoms with Crippen LogP contribution in [0.5, 0.6) is 0 Å². The molecule has 0 radical (unpaired) electrons. The number of anilines is 1. The van der Waals surface area contributed by atoms with Crippen molar-refractivity contribution in [3.8, 4) is 0 Å². The Morgan fingerprint density at radius 3 is 2.53 bits per heavy atom. The molecule has 2 aromatic carbocycles. The summed E-state index contributed by atoms with van der Waals surface area (Å²) in [6.07, 6.45) is 5.97. The maximum absolute atomic E-state index is 14.1. The van der Waals surface area contributed by atoms with Crippen LogP contribution >= 0.6 is 11.3 Å². The van der Waals surface area contributed by atoms with Crippen LogP contribution in [-0.2, 0) is 11.3 Å². The molecule has 160 valence electrons. The van der Waals surface area contributed by atoms with Crippen LogP contribution in [0.4, 0.5) is 19.6 Å². The van der Waals surface area contributed by atoms with Crippen LogP contribution in [-0.4, -0.2) is 20.8 Å². The van der Waals surface area contributed by atoms with Gasteiger partial charge in [0.05, 0.1) is 16.2 Å². The minimum absolute atomic E-state index is 0.0155. The van der Waals surface area contributed by atoms with Crippen molar-refractivity contribution in [1.29, 1.82) is 0 Å². The molecule has 0 unspecified atom stereocenters. The van der Waals surface area contributed by atoms with E-state index < -0.39 is 22.5 Å². The molecule has 0 atom stereocenters. The number of hydrogen-bond acceptors (Lipinski definition) is 6. The number of nitrogens with zero attached hydrogens (tertiary/aromatic N) is 4. The largest absolute Gasteiger partial charge is 0.280 e. The molecule has 0 bridgehead atoms. The van der Waals surface area contributed by atoms with Crippen LogP contribution in [0, 0.1) is 21.7 Å². The first-order valence-corrected chi connectivity index (χ1v) is 10.1. The van der Waals surface area contributed by atoms with E-state index in [-0.39, 0.29) is 27.6 Å². The van der Waals surface area contributed by atoms with Crippen LogP contribution in [0.1, 0.15) is 11.1 Å². The fraction of sp³-hybridized carbons (Fsp3) is 0.0455. The zero-order valence-corrected chi connectivity index (χ0v) is 17.1. The minimum atomic E-state index is -0.805. The number of nitro benzene ring substituents is 1. The van der Waals surface area contributed by atoms with Crippen LogP contribution in [0.25, 0.3) is 16.3 Å². The van der Waals surface area contributed by atoms with Crippen molar-refractivity contribution in [1.82, 2.24) is 9.97 Å². The highest BCUT2D eigenvalue weighted by atomic mass is 32.1. The van der Waals surface area contributed by atoms with Gasteiger partial charge in [0.25, 0.3) is 11.6 Å². The maximum atomic E-state index is 14.1. The second kappa shape index (κ2) is 8.98. The number of benzene rings is 2. The maximum Gasteiger partial charge on any atom is 0.269 e. The highest BCUT2D eigenvalue weighted by Crippen LogP contribution is 2.32. The topological polar surface area (TPSA) is 89.2 Å². The minimum Gasteiger partial charge on any atom is -0.280 e. The number of amides is 1. The van der Waals surface area contributed by atoms with Gasteiger partial charge in [0.2, 0.25) is 0 Å². The second-order valence-electron chi connectivity index (χ2n) is 6.69. The first-order valence-electron chi connectivity index (χ1n) is 9.29. The molecule has 2 aromatic heterocycles. The predicted molar refractivity (Wildman–Crippen MR) is 117 cm³/mol. The van der Waals surface area contributed by atoms with E-state index in [1.165, 1.54) is 47.4 Å². The Morgan fingerprint density at radius 2 is 1.84 bits per heavy atom. The van der Waals surface area contributed by atoms with Gasteiger partial charge in [-0.1, -0.05) is 11.3 Å². The fourth-order valence-corrected chi connectivity index (χ4v) is 3.95. The number of hydrogen-bond donors (Lipinski definition) is 0. The van der Waals surface area contributed by atoms with Crippen molar-refractivity contribution in [2.45, 2.75) is 6.54 Å². The molecule has 0 fully saturated rings. The molecular formula is C22H14F2N4O3S. The normalized spacial score (nSPS) is 11.2. The number of non-ortho nitro benzene ring substituents is 1. The van der Waals surface area contributed by atoms with Gasteiger partial charge >= 0.3 is 0 Å². The van der Waals surface area contributed by atoms with E-state index in [1.54, 1.807) is 24.5 Å². The van der Waals surface area contributed by atoms with Crippen molar-refractivity contribution >= 4 is 44.4 Å². The lowest BCUT2D eigenvalue weighted by Crippen LogP contribution is -2.28. The molecule has 0 aliphatic rings. The van der Waals surface area contributed by atoms with Gasteiger partial charge in [-0.3, -0.25) is 24.8 Å². The number of rotatable bonds is 6. The van der Waals surface area contributed by atoms with Crippen molar-refractivity contribution in [2.75, 3.05) is 4.90 Å². The van der Waals surface area contributed by atoms with E-state index in [0.717, 1.165) is 23.0 Å². The molecule has 0 aliphatic carbocycles. The molecule has 32 heavy (non-hydrogen) atoms. The van der Waals surface area contributed by atoms with Crippen LogP contribution < -0.4 is 4.90 Å². The van der Waals surface area contributed by atoms with Gasteiger partial charge in [0, 0.05) is 36.7 Å². The van der Waals surface area contributed by atoms with E-state index in [2.05, 4.69) is 9.97 Å². The zero-order valence-electron chi connectivity index (χ0n) is 16.3. The number of halogens is 2. The Bertz CT molecular complexity index is 1320. The summed E-state index contributed by atoms with van der Waals surface area (Å²) in [6.45, 7) is 0.135. The molecular weight excluding hydrogens is 438 g/mol. The number of thiazole rings is 1. The number of pyridine rings is 1. The molecule has 1 amide bonds. The van der Waals surface area contributed by atoms with Gasteiger partial charge in [-0.15, -0.1) is 0 Å². The molecule has 0 saturated heterocycles. The summed E-state index contributed by atoms with van der Waals surface area (Å²) in [5.41, 5.74) is 1.28. The molecule has 2 heterocycles. The number of nitro groups is 1. The first kappa shape index (κ1) is 21.2. The van der Waals surface area contributed by atoms with Crippen LogP contribution in [0.15, 0.2) is 67.0 Å². The first-order chi connectivity index (χ1) is 15.4. The molecule has 7 nitrogen and oxygen atoms in total. The van der Waals surface area contributed by atoms with Crippen molar-refractivity contribution in [3.63, 3.8) is 0 Å². The Labute approximate surface area is 184 Å². The van der Waals surface area contributed by atoms with Crippen molar-refractivity contribution in [2.24, 2.45) is 0 Å². The summed E-state index contributed by atoms with van der Waals surface area (Å²) in [5, 5.41) is 11.0. The second-order valence-corrected chi connectivity index (χ2v) is 7.70. The van der Waals surface area contributed by atoms with Gasteiger partial charge in [-0.25, -0.2) is 13.8 Å². The summed E-state index contributed by atoms with van der Waals surface area (Å²) in [7, 11) is 0. The third-order valence-electron chi connectivity index (χ3n) is 4.51. The van der Waals surface area contributed by atoms with Gasteiger partial charge in [0.15, 0.2) is 10.9 Å². The lowest BCUT2D eigenvalue weighted by Gasteiger charge is -2.18.